The molecule has 5 heteroatoms. The van der Waals surface area contributed by atoms with Crippen molar-refractivity contribution in [3.05, 3.63) is 24.2 Å². The number of alkyl halides is 3. The van der Waals surface area contributed by atoms with Crippen LogP contribution in [0.25, 0.3) is 0 Å². The topological polar surface area (TPSA) is 25.2 Å². The van der Waals surface area contributed by atoms with Gasteiger partial charge in [-0.1, -0.05) is 0 Å². The standard InChI is InChI=1S/C12H16F3NO/c13-12(14,15)10-1-3-11(4-2-10)16-7-9-5-6-17-8-9/h5-6,8,10-11,16H,1-4,7H2. The highest BCUT2D eigenvalue weighted by atomic mass is 19.4. The third-order valence-corrected chi connectivity index (χ3v) is 3.37. The summed E-state index contributed by atoms with van der Waals surface area (Å²) in [6.45, 7) is 0.665. The number of rotatable bonds is 3. The average molecular weight is 247 g/mol. The largest absolute Gasteiger partial charge is 0.472 e. The van der Waals surface area contributed by atoms with Crippen LogP contribution in [0.1, 0.15) is 31.2 Å². The summed E-state index contributed by atoms with van der Waals surface area (Å²) in [6.07, 6.45) is 0.907. The molecule has 1 aromatic heterocycles. The number of furan rings is 1. The molecule has 2 rings (SSSR count). The van der Waals surface area contributed by atoms with Crippen molar-refractivity contribution in [2.45, 2.75) is 44.4 Å². The first-order valence-corrected chi connectivity index (χ1v) is 5.87. The number of hydrogen-bond acceptors (Lipinski definition) is 2. The van der Waals surface area contributed by atoms with Crippen LogP contribution in [0.3, 0.4) is 0 Å². The zero-order valence-electron chi connectivity index (χ0n) is 9.46. The second-order valence-electron chi connectivity index (χ2n) is 4.60. The lowest BCUT2D eigenvalue weighted by atomic mass is 9.85. The third kappa shape index (κ3) is 3.49. The smallest absolute Gasteiger partial charge is 0.391 e. The van der Waals surface area contributed by atoms with Crippen LogP contribution in [0.2, 0.25) is 0 Å². The van der Waals surface area contributed by atoms with Crippen molar-refractivity contribution in [2.75, 3.05) is 0 Å². The molecule has 1 fully saturated rings. The fourth-order valence-corrected chi connectivity index (χ4v) is 2.28. The molecule has 1 aliphatic carbocycles. The van der Waals surface area contributed by atoms with Crippen molar-refractivity contribution in [3.8, 4) is 0 Å². The van der Waals surface area contributed by atoms with Crippen molar-refractivity contribution in [3.63, 3.8) is 0 Å². The monoisotopic (exact) mass is 247 g/mol. The van der Waals surface area contributed by atoms with E-state index >= 15 is 0 Å². The Morgan fingerprint density at radius 2 is 1.94 bits per heavy atom. The molecule has 0 unspecified atom stereocenters. The summed E-state index contributed by atoms with van der Waals surface area (Å²) in [5, 5.41) is 3.27. The summed E-state index contributed by atoms with van der Waals surface area (Å²) in [7, 11) is 0. The first kappa shape index (κ1) is 12.5. The van der Waals surface area contributed by atoms with Crippen molar-refractivity contribution in [1.29, 1.82) is 0 Å². The van der Waals surface area contributed by atoms with Crippen molar-refractivity contribution in [2.24, 2.45) is 5.92 Å². The van der Waals surface area contributed by atoms with E-state index in [2.05, 4.69) is 5.32 Å². The highest BCUT2D eigenvalue weighted by molar-refractivity contribution is 5.04. The van der Waals surface area contributed by atoms with E-state index in [1.54, 1.807) is 12.5 Å². The molecular formula is C12H16F3NO. The molecule has 1 aliphatic rings. The maximum atomic E-state index is 12.4. The highest BCUT2D eigenvalue weighted by Crippen LogP contribution is 2.37. The van der Waals surface area contributed by atoms with Gasteiger partial charge in [-0.15, -0.1) is 0 Å². The molecule has 0 radical (unpaired) electrons. The molecule has 0 amide bonds. The summed E-state index contributed by atoms with van der Waals surface area (Å²) < 4.78 is 42.3. The lowest BCUT2D eigenvalue weighted by molar-refractivity contribution is -0.182. The first-order valence-electron chi connectivity index (χ1n) is 5.87. The molecule has 0 aromatic carbocycles. The minimum Gasteiger partial charge on any atom is -0.472 e. The Bertz CT molecular complexity index is 326. The van der Waals surface area contributed by atoms with E-state index in [1.165, 1.54) is 0 Å². The zero-order chi connectivity index (χ0) is 12.3. The van der Waals surface area contributed by atoms with Crippen LogP contribution in [0.4, 0.5) is 13.2 Å². The fourth-order valence-electron chi connectivity index (χ4n) is 2.28. The van der Waals surface area contributed by atoms with E-state index in [-0.39, 0.29) is 18.9 Å². The van der Waals surface area contributed by atoms with Gasteiger partial charge in [0.2, 0.25) is 0 Å². The normalized spacial score (nSPS) is 26.1. The van der Waals surface area contributed by atoms with Gasteiger partial charge in [-0.05, 0) is 31.7 Å². The Balaban J connectivity index is 1.72. The van der Waals surface area contributed by atoms with Gasteiger partial charge in [0.1, 0.15) is 0 Å². The molecule has 0 bridgehead atoms. The first-order chi connectivity index (χ1) is 8.05. The van der Waals surface area contributed by atoms with E-state index in [0.717, 1.165) is 5.56 Å². The lowest BCUT2D eigenvalue weighted by Crippen LogP contribution is -2.36. The minimum atomic E-state index is -4.02. The summed E-state index contributed by atoms with van der Waals surface area (Å²) in [6, 6.07) is 2.05. The van der Waals surface area contributed by atoms with Gasteiger partial charge in [0, 0.05) is 18.2 Å². The summed E-state index contributed by atoms with van der Waals surface area (Å²) in [5.41, 5.74) is 1.03. The van der Waals surface area contributed by atoms with Crippen LogP contribution in [-0.2, 0) is 6.54 Å². The van der Waals surface area contributed by atoms with E-state index < -0.39 is 12.1 Å². The van der Waals surface area contributed by atoms with Crippen LogP contribution in [0.15, 0.2) is 23.0 Å². The van der Waals surface area contributed by atoms with Gasteiger partial charge in [0.25, 0.3) is 0 Å². The molecule has 0 saturated heterocycles. The Morgan fingerprint density at radius 3 is 2.47 bits per heavy atom. The van der Waals surface area contributed by atoms with Crippen molar-refractivity contribution < 1.29 is 17.6 Å². The Morgan fingerprint density at radius 1 is 1.24 bits per heavy atom. The van der Waals surface area contributed by atoms with Crippen molar-refractivity contribution in [1.82, 2.24) is 5.32 Å². The van der Waals surface area contributed by atoms with Gasteiger partial charge in [-0.3, -0.25) is 0 Å². The van der Waals surface area contributed by atoms with Gasteiger partial charge < -0.3 is 9.73 Å². The van der Waals surface area contributed by atoms with Crippen molar-refractivity contribution >= 4 is 0 Å². The summed E-state index contributed by atoms with van der Waals surface area (Å²) >= 11 is 0. The molecule has 2 nitrogen and oxygen atoms in total. The average Bonchev–Trinajstić information content (AvgIpc) is 2.78. The van der Waals surface area contributed by atoms with E-state index in [0.29, 0.717) is 19.4 Å². The van der Waals surface area contributed by atoms with Crippen LogP contribution in [0.5, 0.6) is 0 Å². The molecule has 17 heavy (non-hydrogen) atoms. The molecule has 1 aromatic rings. The van der Waals surface area contributed by atoms with Crippen LogP contribution in [-0.4, -0.2) is 12.2 Å². The summed E-state index contributed by atoms with van der Waals surface area (Å²) in [5.74, 6) is -1.10. The quantitative estimate of drug-likeness (QED) is 0.884. The summed E-state index contributed by atoms with van der Waals surface area (Å²) in [4.78, 5) is 0. The van der Waals surface area contributed by atoms with Gasteiger partial charge in [-0.2, -0.15) is 13.2 Å². The van der Waals surface area contributed by atoms with E-state index in [9.17, 15) is 13.2 Å². The Kier molecular flexibility index (Phi) is 3.76. The fraction of sp³-hybridized carbons (Fsp3) is 0.667. The predicted molar refractivity (Wildman–Crippen MR) is 57.3 cm³/mol. The number of halogens is 3. The molecular weight excluding hydrogens is 231 g/mol. The van der Waals surface area contributed by atoms with E-state index in [1.807, 2.05) is 6.07 Å². The maximum Gasteiger partial charge on any atom is 0.391 e. The van der Waals surface area contributed by atoms with Gasteiger partial charge in [0.05, 0.1) is 18.4 Å². The minimum absolute atomic E-state index is 0.198. The van der Waals surface area contributed by atoms with Gasteiger partial charge >= 0.3 is 6.18 Å². The van der Waals surface area contributed by atoms with E-state index in [4.69, 9.17) is 4.42 Å². The SMILES string of the molecule is FC(F)(F)C1CCC(NCc2ccoc2)CC1. The zero-order valence-corrected chi connectivity index (χ0v) is 9.46. The van der Waals surface area contributed by atoms with Gasteiger partial charge in [0.15, 0.2) is 0 Å². The maximum absolute atomic E-state index is 12.4. The predicted octanol–water partition coefficient (Wildman–Crippen LogP) is 3.49. The lowest BCUT2D eigenvalue weighted by Gasteiger charge is -2.30. The second-order valence-corrected chi connectivity index (χ2v) is 4.60. The molecule has 1 saturated carbocycles. The molecule has 1 N–H and O–H groups in total. The molecule has 96 valence electrons. The van der Waals surface area contributed by atoms with Crippen LogP contribution in [0, 0.1) is 5.92 Å². The second kappa shape index (κ2) is 5.12. The number of hydrogen-bond donors (Lipinski definition) is 1. The van der Waals surface area contributed by atoms with Crippen LogP contribution >= 0.6 is 0 Å². The van der Waals surface area contributed by atoms with Crippen LogP contribution < -0.4 is 5.32 Å². The highest BCUT2D eigenvalue weighted by Gasteiger charge is 2.41. The molecule has 0 atom stereocenters. The number of nitrogens with one attached hydrogen (secondary N) is 1. The Labute approximate surface area is 98.2 Å². The molecule has 0 aliphatic heterocycles. The molecule has 0 spiro atoms. The Hall–Kier alpha value is -0.970. The molecule has 1 heterocycles. The van der Waals surface area contributed by atoms with Gasteiger partial charge in [-0.25, -0.2) is 0 Å². The third-order valence-electron chi connectivity index (χ3n) is 3.37.